The maximum Gasteiger partial charge on any atom is 0.309 e. The molecule has 3 aromatic rings. The third kappa shape index (κ3) is 14.5. The zero-order chi connectivity index (χ0) is 61.1. The third-order valence-corrected chi connectivity index (χ3v) is 18.3. The number of cyclic esters (lactones) is 1. The number of hydrogen-bond donors (Lipinski definition) is 6. The van der Waals surface area contributed by atoms with Gasteiger partial charge in [0.15, 0.2) is 12.1 Å². The molecule has 18 atom stereocenters. The van der Waals surface area contributed by atoms with Crippen LogP contribution in [0, 0.1) is 33.8 Å². The summed E-state index contributed by atoms with van der Waals surface area (Å²) in [5.74, 6) is -7.88. The molecule has 0 bridgehead atoms. The second kappa shape index (κ2) is 26.8. The fourth-order valence-corrected chi connectivity index (χ4v) is 13.6. The van der Waals surface area contributed by atoms with Gasteiger partial charge in [-0.05, 0) is 123 Å². The number of nitro groups is 1. The van der Waals surface area contributed by atoms with Gasteiger partial charge >= 0.3 is 5.97 Å². The molecule has 462 valence electrons. The quantitative estimate of drug-likeness (QED) is 0.0340. The molecule has 0 radical (unpaired) electrons. The minimum absolute atomic E-state index is 0.0175. The Morgan fingerprint density at radius 3 is 2.13 bits per heavy atom. The highest BCUT2D eigenvalue weighted by Gasteiger charge is 2.61. The highest BCUT2D eigenvalue weighted by Crippen LogP contribution is 2.49. The first-order valence-corrected chi connectivity index (χ1v) is 29.4. The average Bonchev–Trinajstić information content (AvgIpc) is 3.77. The van der Waals surface area contributed by atoms with Gasteiger partial charge in [0.2, 0.25) is 0 Å². The summed E-state index contributed by atoms with van der Waals surface area (Å²) in [4.78, 5) is 57.4. The minimum atomic E-state index is -2.27. The van der Waals surface area contributed by atoms with Crippen molar-refractivity contribution >= 4 is 23.5 Å². The molecule has 5 heterocycles. The highest BCUT2D eigenvalue weighted by molar-refractivity contribution is 6.21. The Balaban J connectivity index is 1.17. The molecule has 4 aliphatic rings. The monoisotopic (exact) mass is 1170 g/mol. The number of rotatable bonds is 18. The first-order valence-electron chi connectivity index (χ1n) is 29.4. The van der Waals surface area contributed by atoms with E-state index in [1.165, 1.54) is 31.1 Å². The normalized spacial score (nSPS) is 37.0. The third-order valence-electron chi connectivity index (χ3n) is 18.3. The van der Waals surface area contributed by atoms with Crippen molar-refractivity contribution in [2.75, 3.05) is 40.3 Å². The number of nitro benzene ring substituents is 1. The topological polar surface area (TPSA) is 302 Å². The number of aliphatic hydroxyl groups excluding tert-OH is 3. The number of aromatic nitrogens is 3. The number of imide groups is 1. The number of esters is 1. The van der Waals surface area contributed by atoms with E-state index in [-0.39, 0.29) is 49.9 Å². The fourth-order valence-electron chi connectivity index (χ4n) is 13.6. The fraction of sp³-hybridized carbons (Fsp3) is 0.717. The average molecular weight is 1170 g/mol. The van der Waals surface area contributed by atoms with Crippen LogP contribution in [0.2, 0.25) is 0 Å². The Morgan fingerprint density at radius 2 is 1.52 bits per heavy atom. The van der Waals surface area contributed by atoms with Crippen LogP contribution in [0.25, 0.3) is 0 Å². The van der Waals surface area contributed by atoms with Gasteiger partial charge in [-0.3, -0.25) is 39.0 Å². The van der Waals surface area contributed by atoms with Crippen molar-refractivity contribution in [3.63, 3.8) is 0 Å². The molecule has 1 unspecified atom stereocenters. The number of likely N-dealkylation sites (N-methyl/N-ethyl adjacent to an activating group) is 1. The lowest BCUT2D eigenvalue weighted by Gasteiger charge is -2.55. The van der Waals surface area contributed by atoms with Crippen LogP contribution in [0.4, 0.5) is 5.69 Å². The number of ether oxygens (including phenoxy) is 5. The lowest BCUT2D eigenvalue weighted by Crippen LogP contribution is -2.66. The summed E-state index contributed by atoms with van der Waals surface area (Å²) in [6.07, 6.45) is -5.50. The molecule has 3 fully saturated rings. The van der Waals surface area contributed by atoms with Crippen molar-refractivity contribution in [3.05, 3.63) is 87.2 Å². The van der Waals surface area contributed by atoms with Gasteiger partial charge < -0.3 is 59.2 Å². The predicted molar refractivity (Wildman–Crippen MR) is 303 cm³/mol. The number of carbonyl (C=O) groups is 3. The van der Waals surface area contributed by atoms with Gasteiger partial charge in [0, 0.05) is 82.5 Å². The van der Waals surface area contributed by atoms with Gasteiger partial charge in [-0.2, -0.15) is 0 Å². The second-order valence-electron chi connectivity index (χ2n) is 24.9. The summed E-state index contributed by atoms with van der Waals surface area (Å²) in [7, 11) is 3.28. The van der Waals surface area contributed by atoms with E-state index in [9.17, 15) is 55.1 Å². The highest BCUT2D eigenvalue weighted by atomic mass is 16.7. The standard InChI is InChI=1S/C60H91N7O16/c1-13-47-59(10,75)50(69)39(6)64(26-16-17-27-66-53(71)44-18-14-15-19-45(44)54(66)72)32-35(2)31-57(8,74)52(37(4)48(38(5)55(73)81-47)60(76)34-58(9,79-12)51(70)40(7)83-60)82-56-49(68)46(30-36(3)80-56)63(11)28-25-42-33-65(62-61-42)29-24-41-20-22-43(23-21-41)67(77)78/h14-15,18-23,33,35-40,46-52,56,68-70,74-76H,13,16-17,24-32,34H2,1-12H3/t35-,36-,37+,38-,39-,40+,46+,47-,48+,49-,50-,51+,52?,56+,57-,58-,59-,60+/m1/s1. The first-order chi connectivity index (χ1) is 39.0. The van der Waals surface area contributed by atoms with Crippen molar-refractivity contribution in [1.82, 2.24) is 29.7 Å². The smallest absolute Gasteiger partial charge is 0.309 e. The number of non-ortho nitro benzene ring substituents is 1. The maximum absolute atomic E-state index is 15.0. The molecule has 3 saturated heterocycles. The van der Waals surface area contributed by atoms with Crippen molar-refractivity contribution < 1.29 is 73.6 Å². The van der Waals surface area contributed by atoms with Gasteiger partial charge in [0.1, 0.15) is 30.0 Å². The molecule has 23 heteroatoms. The molecule has 1 aromatic heterocycles. The molecule has 83 heavy (non-hydrogen) atoms. The number of amides is 2. The number of benzene rings is 2. The van der Waals surface area contributed by atoms with E-state index in [0.717, 1.165) is 5.56 Å². The summed E-state index contributed by atoms with van der Waals surface area (Å²) in [5, 5.41) is 94.7. The number of unbranched alkanes of at least 4 members (excludes halogenated alkanes) is 1. The van der Waals surface area contributed by atoms with E-state index in [4.69, 9.17) is 23.7 Å². The molecule has 7 rings (SSSR count). The Hall–Kier alpha value is -4.89. The van der Waals surface area contributed by atoms with Gasteiger partial charge in [-0.25, -0.2) is 0 Å². The number of aliphatic hydroxyl groups is 6. The molecular formula is C60H91N7O16. The molecule has 2 aromatic carbocycles. The van der Waals surface area contributed by atoms with Crippen LogP contribution >= 0.6 is 0 Å². The molecule has 0 saturated carbocycles. The van der Waals surface area contributed by atoms with Crippen molar-refractivity contribution in [2.45, 2.75) is 211 Å². The maximum atomic E-state index is 15.0. The Morgan fingerprint density at radius 1 is 0.880 bits per heavy atom. The van der Waals surface area contributed by atoms with Crippen LogP contribution < -0.4 is 0 Å². The second-order valence-corrected chi connectivity index (χ2v) is 24.9. The number of carbonyl (C=O) groups excluding carboxylic acids is 3. The van der Waals surface area contributed by atoms with Crippen molar-refractivity contribution in [2.24, 2.45) is 23.7 Å². The number of nitrogens with zero attached hydrogens (tertiary/aromatic N) is 7. The molecule has 23 nitrogen and oxygen atoms in total. The van der Waals surface area contributed by atoms with E-state index < -0.39 is 118 Å². The van der Waals surface area contributed by atoms with Crippen LogP contribution in [-0.4, -0.2) is 207 Å². The molecule has 2 amide bonds. The Labute approximate surface area is 487 Å². The zero-order valence-corrected chi connectivity index (χ0v) is 50.4. The Kier molecular flexibility index (Phi) is 21.2. The SMILES string of the molecule is CC[C@H]1OC(=O)[C@H](C)[C@@H]([C@]2(O)C[C@@](C)(OC)[C@@H](O)[C@H](C)O2)[C@H](C)C(O[C@@H]2O[C@H](C)C[C@H](N(C)CCc3cn(CCc4ccc([N+](=O)[O-])cc4)nn3)[C@H]2O)[C@](C)(O)C[C@@H](C)CN(CCCCN2C(=O)c3ccccc3C2=O)[C@H](C)[C@@H](O)[C@]1(C)O. The molecule has 4 aliphatic heterocycles. The summed E-state index contributed by atoms with van der Waals surface area (Å²) >= 11 is 0. The summed E-state index contributed by atoms with van der Waals surface area (Å²) in [6.45, 7) is 18.5. The van der Waals surface area contributed by atoms with Crippen LogP contribution in [0.15, 0.2) is 54.7 Å². The number of methoxy groups -OCH3 is 1. The molecule has 0 aliphatic carbocycles. The van der Waals surface area contributed by atoms with Crippen molar-refractivity contribution in [1.29, 1.82) is 0 Å². The largest absolute Gasteiger partial charge is 0.459 e. The Bertz CT molecular complexity index is 2660. The van der Waals surface area contributed by atoms with Gasteiger partial charge in [0.05, 0.1) is 57.2 Å². The van der Waals surface area contributed by atoms with E-state index in [2.05, 4.69) is 10.3 Å². The summed E-state index contributed by atoms with van der Waals surface area (Å²) in [6, 6.07) is 11.8. The van der Waals surface area contributed by atoms with Crippen LogP contribution in [0.1, 0.15) is 140 Å². The lowest BCUT2D eigenvalue weighted by molar-refractivity contribution is -0.384. The van der Waals surface area contributed by atoms with Crippen LogP contribution in [0.3, 0.4) is 0 Å². The van der Waals surface area contributed by atoms with Crippen molar-refractivity contribution in [3.8, 4) is 0 Å². The number of aryl methyl sites for hydroxylation is 2. The van der Waals surface area contributed by atoms with Gasteiger partial charge in [-0.15, -0.1) is 5.10 Å². The lowest BCUT2D eigenvalue weighted by atomic mass is 9.66. The van der Waals surface area contributed by atoms with Crippen LogP contribution in [-0.2, 0) is 47.9 Å². The van der Waals surface area contributed by atoms with E-state index in [1.807, 2.05) is 36.9 Å². The minimum Gasteiger partial charge on any atom is -0.459 e. The van der Waals surface area contributed by atoms with Crippen LogP contribution in [0.5, 0.6) is 0 Å². The van der Waals surface area contributed by atoms with E-state index >= 15 is 0 Å². The van der Waals surface area contributed by atoms with E-state index in [1.54, 1.807) is 89.5 Å². The molecule has 0 spiro atoms. The van der Waals surface area contributed by atoms with E-state index in [0.29, 0.717) is 68.6 Å². The number of fused-ring (bicyclic) bond motifs is 1. The van der Waals surface area contributed by atoms with Gasteiger partial charge in [-0.1, -0.05) is 57.2 Å². The molecular weight excluding hydrogens is 1070 g/mol. The summed E-state index contributed by atoms with van der Waals surface area (Å²) in [5.41, 5.74) is -2.92. The first kappa shape index (κ1) is 65.6. The number of hydrogen-bond acceptors (Lipinski definition) is 20. The zero-order valence-electron chi connectivity index (χ0n) is 50.4. The summed E-state index contributed by atoms with van der Waals surface area (Å²) < 4.78 is 33.7. The predicted octanol–water partition coefficient (Wildman–Crippen LogP) is 4.30. The van der Waals surface area contributed by atoms with Gasteiger partial charge in [0.25, 0.3) is 17.5 Å². The molecule has 6 N–H and O–H groups in total.